The number of rotatable bonds is 15. The second kappa shape index (κ2) is 17.1. The van der Waals surface area contributed by atoms with Crippen molar-refractivity contribution in [2.24, 2.45) is 0 Å². The highest BCUT2D eigenvalue weighted by Crippen LogP contribution is 2.21. The summed E-state index contributed by atoms with van der Waals surface area (Å²) in [6.07, 6.45) is 2.15. The summed E-state index contributed by atoms with van der Waals surface area (Å²) in [5.41, 5.74) is 2.35. The number of nitrogens with one attached hydrogen (secondary N) is 2. The number of piperazine rings is 1. The highest BCUT2D eigenvalue weighted by atomic mass is 19.1. The van der Waals surface area contributed by atoms with Crippen molar-refractivity contribution in [1.82, 2.24) is 20.4 Å². The van der Waals surface area contributed by atoms with Crippen molar-refractivity contribution in [2.75, 3.05) is 19.6 Å². The van der Waals surface area contributed by atoms with Crippen LogP contribution in [0.2, 0.25) is 0 Å². The highest BCUT2D eigenvalue weighted by molar-refractivity contribution is 6.00. The van der Waals surface area contributed by atoms with E-state index in [1.807, 2.05) is 44.2 Å². The van der Waals surface area contributed by atoms with Gasteiger partial charge in [-0.1, -0.05) is 50.3 Å². The Morgan fingerprint density at radius 2 is 1.67 bits per heavy atom. The first-order chi connectivity index (χ1) is 23.0. The molecule has 3 aromatic rings. The van der Waals surface area contributed by atoms with Gasteiger partial charge in [0.15, 0.2) is 0 Å². The van der Waals surface area contributed by atoms with Crippen LogP contribution in [0.25, 0.3) is 0 Å². The molecule has 1 heterocycles. The molecule has 256 valence electrons. The third-order valence-corrected chi connectivity index (χ3v) is 8.41. The maximum atomic E-state index is 14.2. The van der Waals surface area contributed by atoms with Crippen LogP contribution in [-0.4, -0.2) is 76.5 Å². The summed E-state index contributed by atoms with van der Waals surface area (Å²) >= 11 is 0. The Hall–Kier alpha value is -4.41. The fraction of sp³-hybridized carbons (Fsp3) is 0.395. The summed E-state index contributed by atoms with van der Waals surface area (Å²) in [5.74, 6) is -2.76. The van der Waals surface area contributed by atoms with Crippen LogP contribution < -0.4 is 10.6 Å². The molecule has 4 rings (SSSR count). The molecule has 1 aliphatic rings. The first-order valence-corrected chi connectivity index (χ1v) is 16.6. The van der Waals surface area contributed by atoms with Crippen LogP contribution >= 0.6 is 0 Å². The molecule has 0 unspecified atom stereocenters. The van der Waals surface area contributed by atoms with E-state index < -0.39 is 35.7 Å². The average Bonchev–Trinajstić information content (AvgIpc) is 3.05. The van der Waals surface area contributed by atoms with E-state index in [4.69, 9.17) is 0 Å². The molecule has 3 N–H and O–H groups in total. The summed E-state index contributed by atoms with van der Waals surface area (Å²) in [6.45, 7) is 11.5. The number of aryl methyl sites for hydroxylation is 1. The van der Waals surface area contributed by atoms with Gasteiger partial charge in [-0.15, -0.1) is 6.58 Å². The molecular weight excluding hydrogens is 614 g/mol. The van der Waals surface area contributed by atoms with Crippen molar-refractivity contribution in [3.8, 4) is 0 Å². The van der Waals surface area contributed by atoms with Crippen LogP contribution in [0.5, 0.6) is 0 Å². The molecule has 3 aromatic carbocycles. The largest absolute Gasteiger partial charge is 0.389 e. The summed E-state index contributed by atoms with van der Waals surface area (Å²) in [7, 11) is 0. The molecule has 3 amide bonds. The van der Waals surface area contributed by atoms with E-state index in [-0.39, 0.29) is 35.4 Å². The third kappa shape index (κ3) is 9.58. The van der Waals surface area contributed by atoms with Crippen LogP contribution in [0.15, 0.2) is 79.4 Å². The minimum Gasteiger partial charge on any atom is -0.389 e. The lowest BCUT2D eigenvalue weighted by atomic mass is 9.92. The number of nitrogens with zero attached hydrogens (tertiary/aromatic N) is 2. The van der Waals surface area contributed by atoms with Crippen LogP contribution in [0.3, 0.4) is 0 Å². The second-order valence-electron chi connectivity index (χ2n) is 12.5. The number of carbonyl (C=O) groups is 3. The Morgan fingerprint density at radius 1 is 1.02 bits per heavy atom. The molecule has 4 atom stereocenters. The van der Waals surface area contributed by atoms with E-state index in [2.05, 4.69) is 17.2 Å². The predicted molar refractivity (Wildman–Crippen MR) is 182 cm³/mol. The third-order valence-electron chi connectivity index (χ3n) is 8.41. The Labute approximate surface area is 281 Å². The van der Waals surface area contributed by atoms with E-state index in [0.717, 1.165) is 36.6 Å². The fourth-order valence-electron chi connectivity index (χ4n) is 6.26. The molecule has 1 aliphatic heterocycles. The minimum absolute atomic E-state index is 0.170. The van der Waals surface area contributed by atoms with Gasteiger partial charge in [0.1, 0.15) is 17.7 Å². The van der Waals surface area contributed by atoms with Gasteiger partial charge in [0.05, 0.1) is 12.1 Å². The van der Waals surface area contributed by atoms with Gasteiger partial charge in [0.25, 0.3) is 11.8 Å². The molecule has 0 bridgehead atoms. The molecule has 1 saturated heterocycles. The van der Waals surface area contributed by atoms with E-state index in [1.165, 1.54) is 6.07 Å². The summed E-state index contributed by atoms with van der Waals surface area (Å²) in [5, 5.41) is 17.9. The van der Waals surface area contributed by atoms with Crippen molar-refractivity contribution < 1.29 is 28.3 Å². The molecule has 48 heavy (non-hydrogen) atoms. The molecule has 0 aromatic heterocycles. The maximum absolute atomic E-state index is 14.2. The Kier molecular flexibility index (Phi) is 13.0. The van der Waals surface area contributed by atoms with Crippen molar-refractivity contribution in [3.63, 3.8) is 0 Å². The Morgan fingerprint density at radius 3 is 2.29 bits per heavy atom. The van der Waals surface area contributed by atoms with Gasteiger partial charge in [-0.3, -0.25) is 19.7 Å². The van der Waals surface area contributed by atoms with E-state index in [1.54, 1.807) is 34.9 Å². The van der Waals surface area contributed by atoms with E-state index in [9.17, 15) is 28.3 Å². The standard InChI is InChI=1S/C38H46F2N4O4/c1-5-11-32-24-44(23-26-12-9-8-10-13-26)38(48)34(41-32)35(45)33(20-27-18-30(39)22-31(40)19-27)42-36(46)28-16-25(4)17-29(21-28)37(47)43(14-6-2)15-7-3/h5,8-10,12-13,16-19,21-22,32-35,41,45H,1,6-7,11,14-15,20,23-24H2,2-4H3,(H,42,46)/t32-,33-,34-,35-/m0/s1. The van der Waals surface area contributed by atoms with Crippen molar-refractivity contribution in [2.45, 2.75) is 77.2 Å². The summed E-state index contributed by atoms with van der Waals surface area (Å²) in [6, 6.07) is 14.8. The zero-order valence-corrected chi connectivity index (χ0v) is 27.9. The van der Waals surface area contributed by atoms with Gasteiger partial charge in [-0.05, 0) is 79.6 Å². The maximum Gasteiger partial charge on any atom is 0.253 e. The normalized spacial score (nSPS) is 17.5. The first kappa shape index (κ1) is 36.4. The molecule has 0 aliphatic carbocycles. The zero-order valence-electron chi connectivity index (χ0n) is 27.9. The topological polar surface area (TPSA) is 102 Å². The lowest BCUT2D eigenvalue weighted by Gasteiger charge is -2.41. The molecular formula is C38H46F2N4O4. The quantitative estimate of drug-likeness (QED) is 0.195. The lowest BCUT2D eigenvalue weighted by Crippen LogP contribution is -2.66. The number of halogens is 2. The molecule has 8 nitrogen and oxygen atoms in total. The van der Waals surface area contributed by atoms with Crippen molar-refractivity contribution >= 4 is 17.7 Å². The number of hydrogen-bond acceptors (Lipinski definition) is 5. The molecule has 0 radical (unpaired) electrons. The molecule has 0 saturated carbocycles. The molecule has 0 spiro atoms. The van der Waals surface area contributed by atoms with Crippen molar-refractivity contribution in [3.05, 3.63) is 119 Å². The lowest BCUT2D eigenvalue weighted by molar-refractivity contribution is -0.142. The molecule has 1 fully saturated rings. The average molecular weight is 661 g/mol. The van der Waals surface area contributed by atoms with Gasteiger partial charge in [0.2, 0.25) is 5.91 Å². The fourth-order valence-corrected chi connectivity index (χ4v) is 6.26. The van der Waals surface area contributed by atoms with E-state index >= 15 is 0 Å². The number of amides is 3. The molecule has 10 heteroatoms. The van der Waals surface area contributed by atoms with Crippen LogP contribution in [0, 0.1) is 18.6 Å². The Balaban J connectivity index is 1.66. The van der Waals surface area contributed by atoms with Gasteiger partial charge in [-0.2, -0.15) is 0 Å². The monoisotopic (exact) mass is 660 g/mol. The highest BCUT2D eigenvalue weighted by Gasteiger charge is 2.41. The van der Waals surface area contributed by atoms with Gasteiger partial charge < -0.3 is 20.2 Å². The number of carbonyl (C=O) groups excluding carboxylic acids is 3. The van der Waals surface area contributed by atoms with Gasteiger partial charge in [0, 0.05) is 49.4 Å². The SMILES string of the molecule is C=CC[C@H]1CN(Cc2ccccc2)C(=O)[C@H]([C@@H](O)[C@H](Cc2cc(F)cc(F)c2)NC(=O)c2cc(C)cc(C(=O)N(CCC)CCC)c2)N1. The summed E-state index contributed by atoms with van der Waals surface area (Å²) < 4.78 is 28.5. The zero-order chi connectivity index (χ0) is 34.8. The number of aliphatic hydroxyl groups excluding tert-OH is 1. The van der Waals surface area contributed by atoms with Crippen LogP contribution in [0.4, 0.5) is 8.78 Å². The van der Waals surface area contributed by atoms with Gasteiger partial charge in [-0.25, -0.2) is 8.78 Å². The number of benzene rings is 3. The van der Waals surface area contributed by atoms with E-state index in [0.29, 0.717) is 43.7 Å². The second-order valence-corrected chi connectivity index (χ2v) is 12.5. The smallest absolute Gasteiger partial charge is 0.253 e. The van der Waals surface area contributed by atoms with Crippen LogP contribution in [-0.2, 0) is 17.8 Å². The predicted octanol–water partition coefficient (Wildman–Crippen LogP) is 5.18. The van der Waals surface area contributed by atoms with Crippen molar-refractivity contribution in [1.29, 1.82) is 0 Å². The minimum atomic E-state index is -1.49. The summed E-state index contributed by atoms with van der Waals surface area (Å²) in [4.78, 5) is 44.5. The first-order valence-electron chi connectivity index (χ1n) is 16.6. The Bertz CT molecular complexity index is 1560. The number of aliphatic hydroxyl groups is 1. The van der Waals surface area contributed by atoms with Gasteiger partial charge >= 0.3 is 0 Å². The number of hydrogen-bond donors (Lipinski definition) is 3. The van der Waals surface area contributed by atoms with Crippen LogP contribution in [0.1, 0.15) is 70.5 Å².